The third-order valence-corrected chi connectivity index (χ3v) is 5.29. The first-order valence-corrected chi connectivity index (χ1v) is 10.3. The van der Waals surface area contributed by atoms with Crippen molar-refractivity contribution in [1.29, 1.82) is 0 Å². The molecule has 1 saturated heterocycles. The van der Waals surface area contributed by atoms with Crippen molar-refractivity contribution in [2.45, 2.75) is 19.8 Å². The zero-order valence-electron chi connectivity index (χ0n) is 17.1. The van der Waals surface area contributed by atoms with Crippen LogP contribution in [0.15, 0.2) is 47.6 Å². The quantitative estimate of drug-likeness (QED) is 0.604. The van der Waals surface area contributed by atoms with Crippen LogP contribution in [0.2, 0.25) is 5.02 Å². The summed E-state index contributed by atoms with van der Waals surface area (Å²) < 4.78 is 0. The number of guanidine groups is 1. The number of nitrogens with one attached hydrogen (secondary N) is 1. The van der Waals surface area contributed by atoms with Gasteiger partial charge in [-0.1, -0.05) is 29.8 Å². The number of hydrogen-bond acceptors (Lipinski definition) is 3. The van der Waals surface area contributed by atoms with E-state index in [1.165, 1.54) is 5.56 Å². The Labute approximate surface area is 177 Å². The number of benzene rings is 1. The topological polar surface area (TPSA) is 60.8 Å². The van der Waals surface area contributed by atoms with Crippen molar-refractivity contribution in [2.75, 3.05) is 39.8 Å². The number of carbonyl (C=O) groups is 1. The Morgan fingerprint density at radius 2 is 1.90 bits per heavy atom. The van der Waals surface area contributed by atoms with E-state index in [2.05, 4.69) is 26.3 Å². The Bertz CT molecular complexity index is 845. The molecular formula is C22H28ClN5O. The second kappa shape index (κ2) is 10.3. The summed E-state index contributed by atoms with van der Waals surface area (Å²) in [6.45, 7) is 5.72. The molecule has 1 fully saturated rings. The number of carbonyl (C=O) groups excluding carboxylic acids is 1. The lowest BCUT2D eigenvalue weighted by Crippen LogP contribution is -2.54. The van der Waals surface area contributed by atoms with Gasteiger partial charge < -0.3 is 15.1 Å². The lowest BCUT2D eigenvalue weighted by molar-refractivity contribution is -0.131. The maximum Gasteiger partial charge on any atom is 0.227 e. The minimum absolute atomic E-state index is 0.140. The van der Waals surface area contributed by atoms with Crippen molar-refractivity contribution < 1.29 is 4.79 Å². The lowest BCUT2D eigenvalue weighted by atomic mass is 10.1. The van der Waals surface area contributed by atoms with E-state index in [0.717, 1.165) is 43.3 Å². The van der Waals surface area contributed by atoms with Gasteiger partial charge in [-0.05, 0) is 42.7 Å². The molecule has 1 aromatic carbocycles. The fourth-order valence-electron chi connectivity index (χ4n) is 3.40. The molecule has 154 valence electrons. The summed E-state index contributed by atoms with van der Waals surface area (Å²) >= 11 is 6.02. The van der Waals surface area contributed by atoms with Gasteiger partial charge >= 0.3 is 0 Å². The summed E-state index contributed by atoms with van der Waals surface area (Å²) in [5, 5.41) is 4.09. The lowest BCUT2D eigenvalue weighted by Gasteiger charge is -2.36. The molecule has 1 N–H and O–H groups in total. The van der Waals surface area contributed by atoms with E-state index in [1.54, 1.807) is 7.05 Å². The molecule has 2 aromatic rings. The molecule has 0 bridgehead atoms. The first kappa shape index (κ1) is 21.1. The predicted octanol–water partition coefficient (Wildman–Crippen LogP) is 2.55. The van der Waals surface area contributed by atoms with E-state index in [9.17, 15) is 4.79 Å². The zero-order chi connectivity index (χ0) is 20.6. The number of halogens is 1. The molecule has 2 heterocycles. The molecule has 1 aromatic heterocycles. The molecule has 0 atom stereocenters. The normalized spacial score (nSPS) is 14.8. The molecule has 0 spiro atoms. The van der Waals surface area contributed by atoms with Crippen molar-refractivity contribution in [1.82, 2.24) is 20.1 Å². The monoisotopic (exact) mass is 413 g/mol. The van der Waals surface area contributed by atoms with Crippen molar-refractivity contribution in [3.05, 3.63) is 64.4 Å². The highest BCUT2D eigenvalue weighted by Gasteiger charge is 2.23. The average Bonchev–Trinajstić information content (AvgIpc) is 2.73. The molecule has 0 aliphatic carbocycles. The van der Waals surface area contributed by atoms with Gasteiger partial charge in [-0.25, -0.2) is 0 Å². The highest BCUT2D eigenvalue weighted by molar-refractivity contribution is 6.30. The standard InChI is InChI=1S/C22H28ClN5O/c1-17-6-7-18(16-26-17)8-9-25-22(24-2)28-12-10-27(11-13-28)21(29)15-19-4-3-5-20(23)14-19/h3-7,14,16H,8-13,15H2,1-2H3,(H,24,25). The number of nitrogens with zero attached hydrogens (tertiary/aromatic N) is 4. The molecule has 1 amide bonds. The number of hydrogen-bond donors (Lipinski definition) is 1. The van der Waals surface area contributed by atoms with Gasteiger partial charge in [0.05, 0.1) is 6.42 Å². The number of aromatic nitrogens is 1. The minimum Gasteiger partial charge on any atom is -0.356 e. The van der Waals surface area contributed by atoms with E-state index in [4.69, 9.17) is 11.6 Å². The molecule has 1 aliphatic rings. The van der Waals surface area contributed by atoms with Gasteiger partial charge in [0, 0.05) is 56.7 Å². The van der Waals surface area contributed by atoms with Crippen molar-refractivity contribution in [3.63, 3.8) is 0 Å². The predicted molar refractivity (Wildman–Crippen MR) is 117 cm³/mol. The molecule has 6 nitrogen and oxygen atoms in total. The number of rotatable bonds is 5. The maximum atomic E-state index is 12.6. The van der Waals surface area contributed by atoms with Crippen molar-refractivity contribution in [2.24, 2.45) is 4.99 Å². The molecule has 3 rings (SSSR count). The summed E-state index contributed by atoms with van der Waals surface area (Å²) in [7, 11) is 1.80. The molecule has 7 heteroatoms. The van der Waals surface area contributed by atoms with Gasteiger partial charge in [0.1, 0.15) is 0 Å². The third kappa shape index (κ3) is 6.19. The Hall–Kier alpha value is -2.60. The van der Waals surface area contributed by atoms with Crippen LogP contribution >= 0.6 is 11.6 Å². The summed E-state index contributed by atoms with van der Waals surface area (Å²) in [6, 6.07) is 11.6. The van der Waals surface area contributed by atoms with Gasteiger partial charge in [-0.2, -0.15) is 0 Å². The fraction of sp³-hybridized carbons (Fsp3) is 0.409. The molecule has 0 radical (unpaired) electrons. The molecule has 29 heavy (non-hydrogen) atoms. The average molecular weight is 414 g/mol. The van der Waals surface area contributed by atoms with E-state index in [0.29, 0.717) is 24.5 Å². The summed E-state index contributed by atoms with van der Waals surface area (Å²) in [5.74, 6) is 1.02. The number of amides is 1. The highest BCUT2D eigenvalue weighted by Crippen LogP contribution is 2.13. The van der Waals surface area contributed by atoms with Gasteiger partial charge in [-0.3, -0.25) is 14.8 Å². The Morgan fingerprint density at radius 1 is 1.14 bits per heavy atom. The summed E-state index contributed by atoms with van der Waals surface area (Å²) in [4.78, 5) is 25.4. The second-order valence-corrected chi connectivity index (χ2v) is 7.64. The van der Waals surface area contributed by atoms with Crippen LogP contribution in [-0.4, -0.2) is 66.4 Å². The summed E-state index contributed by atoms with van der Waals surface area (Å²) in [6.07, 6.45) is 3.20. The number of pyridine rings is 1. The number of piperazine rings is 1. The molecule has 0 unspecified atom stereocenters. The molecular weight excluding hydrogens is 386 g/mol. The SMILES string of the molecule is CN=C(NCCc1ccc(C)nc1)N1CCN(C(=O)Cc2cccc(Cl)c2)CC1. The van der Waals surface area contributed by atoms with E-state index < -0.39 is 0 Å². The van der Waals surface area contributed by atoms with Crippen LogP contribution in [0.3, 0.4) is 0 Å². The Balaban J connectivity index is 1.44. The first-order chi connectivity index (χ1) is 14.0. The summed E-state index contributed by atoms with van der Waals surface area (Å²) in [5.41, 5.74) is 3.18. The van der Waals surface area contributed by atoms with Gasteiger partial charge in [-0.15, -0.1) is 0 Å². The van der Waals surface area contributed by atoms with E-state index >= 15 is 0 Å². The minimum atomic E-state index is 0.140. The Kier molecular flexibility index (Phi) is 7.47. The second-order valence-electron chi connectivity index (χ2n) is 7.21. The number of aliphatic imine (C=N–C) groups is 1. The smallest absolute Gasteiger partial charge is 0.227 e. The van der Waals surface area contributed by atoms with Crippen LogP contribution in [0.4, 0.5) is 0 Å². The van der Waals surface area contributed by atoms with Gasteiger partial charge in [0.15, 0.2) is 5.96 Å². The Morgan fingerprint density at radius 3 is 2.55 bits per heavy atom. The van der Waals surface area contributed by atoms with E-state index in [-0.39, 0.29) is 5.91 Å². The maximum absolute atomic E-state index is 12.6. The van der Waals surface area contributed by atoms with Crippen LogP contribution in [0.1, 0.15) is 16.8 Å². The van der Waals surface area contributed by atoms with Crippen LogP contribution in [0.5, 0.6) is 0 Å². The van der Waals surface area contributed by atoms with Crippen molar-refractivity contribution in [3.8, 4) is 0 Å². The fourth-order valence-corrected chi connectivity index (χ4v) is 3.61. The van der Waals surface area contributed by atoms with Gasteiger partial charge in [0.2, 0.25) is 5.91 Å². The van der Waals surface area contributed by atoms with Gasteiger partial charge in [0.25, 0.3) is 0 Å². The van der Waals surface area contributed by atoms with Crippen LogP contribution in [0.25, 0.3) is 0 Å². The van der Waals surface area contributed by atoms with E-state index in [1.807, 2.05) is 48.4 Å². The largest absolute Gasteiger partial charge is 0.356 e. The number of aryl methyl sites for hydroxylation is 1. The molecule has 1 aliphatic heterocycles. The van der Waals surface area contributed by atoms with Crippen LogP contribution in [0, 0.1) is 6.92 Å². The first-order valence-electron chi connectivity index (χ1n) is 9.94. The molecule has 0 saturated carbocycles. The van der Waals surface area contributed by atoms with Crippen LogP contribution in [-0.2, 0) is 17.6 Å². The third-order valence-electron chi connectivity index (χ3n) is 5.06. The zero-order valence-corrected chi connectivity index (χ0v) is 17.8. The highest BCUT2D eigenvalue weighted by atomic mass is 35.5. The van der Waals surface area contributed by atoms with Crippen LogP contribution < -0.4 is 5.32 Å². The van der Waals surface area contributed by atoms with Crippen molar-refractivity contribution >= 4 is 23.5 Å².